The van der Waals surface area contributed by atoms with Crippen molar-refractivity contribution in [2.24, 2.45) is 5.41 Å². The van der Waals surface area contributed by atoms with Gasteiger partial charge >= 0.3 is 0 Å². The largest absolute Gasteiger partial charge is 0.395 e. The first-order chi connectivity index (χ1) is 9.09. The zero-order valence-electron chi connectivity index (χ0n) is 12.4. The van der Waals surface area contributed by atoms with Crippen LogP contribution in [-0.2, 0) is 4.79 Å². The highest BCUT2D eigenvalue weighted by Gasteiger charge is 2.39. The summed E-state index contributed by atoms with van der Waals surface area (Å²) in [7, 11) is 0. The highest BCUT2D eigenvalue weighted by atomic mass is 32.2. The molecule has 19 heavy (non-hydrogen) atoms. The van der Waals surface area contributed by atoms with Gasteiger partial charge < -0.3 is 15.7 Å². The Morgan fingerprint density at radius 1 is 1.47 bits per heavy atom. The molecule has 2 unspecified atom stereocenters. The van der Waals surface area contributed by atoms with Crippen LogP contribution in [-0.4, -0.2) is 48.3 Å². The van der Waals surface area contributed by atoms with E-state index in [1.165, 1.54) is 0 Å². The van der Waals surface area contributed by atoms with Crippen molar-refractivity contribution in [3.05, 3.63) is 0 Å². The third kappa shape index (κ3) is 4.36. The van der Waals surface area contributed by atoms with Crippen molar-refractivity contribution in [1.82, 2.24) is 10.6 Å². The Kier molecular flexibility index (Phi) is 7.18. The maximum absolute atomic E-state index is 12.6. The van der Waals surface area contributed by atoms with Crippen molar-refractivity contribution >= 4 is 17.7 Å². The summed E-state index contributed by atoms with van der Waals surface area (Å²) < 4.78 is 0. The quantitative estimate of drug-likeness (QED) is 0.662. The van der Waals surface area contributed by atoms with E-state index in [1.54, 1.807) is 11.8 Å². The molecule has 0 aromatic heterocycles. The normalized spacial score (nSPS) is 21.7. The summed E-state index contributed by atoms with van der Waals surface area (Å²) in [5, 5.41) is 15.8. The number of carbonyl (C=O) groups is 1. The second-order valence-corrected chi connectivity index (χ2v) is 6.58. The van der Waals surface area contributed by atoms with E-state index in [9.17, 15) is 9.90 Å². The molecule has 1 saturated heterocycles. The van der Waals surface area contributed by atoms with E-state index < -0.39 is 0 Å². The number of rotatable bonds is 7. The number of piperidine rings is 1. The van der Waals surface area contributed by atoms with E-state index in [2.05, 4.69) is 17.6 Å². The molecule has 0 aliphatic carbocycles. The van der Waals surface area contributed by atoms with E-state index in [1.807, 2.05) is 13.2 Å². The molecule has 5 heteroatoms. The fraction of sp³-hybridized carbons (Fsp3) is 0.929. The molecule has 1 aliphatic heterocycles. The second kappa shape index (κ2) is 8.12. The van der Waals surface area contributed by atoms with Crippen molar-refractivity contribution in [2.75, 3.05) is 26.0 Å². The van der Waals surface area contributed by atoms with Crippen LogP contribution in [0.4, 0.5) is 0 Å². The van der Waals surface area contributed by atoms with E-state index in [0.717, 1.165) is 38.8 Å². The lowest BCUT2D eigenvalue weighted by Crippen LogP contribution is -2.52. The first kappa shape index (κ1) is 16.8. The van der Waals surface area contributed by atoms with E-state index >= 15 is 0 Å². The van der Waals surface area contributed by atoms with Gasteiger partial charge in [-0.3, -0.25) is 4.79 Å². The zero-order chi connectivity index (χ0) is 14.3. The van der Waals surface area contributed by atoms with Gasteiger partial charge in [0.15, 0.2) is 0 Å². The van der Waals surface area contributed by atoms with Crippen LogP contribution in [0.2, 0.25) is 0 Å². The van der Waals surface area contributed by atoms with Crippen LogP contribution in [0.15, 0.2) is 0 Å². The van der Waals surface area contributed by atoms with Crippen LogP contribution in [0, 0.1) is 5.41 Å². The summed E-state index contributed by atoms with van der Waals surface area (Å²) in [6, 6.07) is 0.0103. The van der Waals surface area contributed by atoms with Crippen LogP contribution in [0.1, 0.15) is 39.5 Å². The lowest BCUT2D eigenvalue weighted by atomic mass is 9.74. The molecule has 1 fully saturated rings. The molecule has 1 amide bonds. The molecule has 0 spiro atoms. The highest BCUT2D eigenvalue weighted by molar-refractivity contribution is 7.99. The molecule has 2 atom stereocenters. The van der Waals surface area contributed by atoms with Gasteiger partial charge in [-0.05, 0) is 45.5 Å². The third-order valence-corrected chi connectivity index (χ3v) is 5.33. The molecular formula is C14H28N2O2S. The number of hydrogen-bond acceptors (Lipinski definition) is 4. The smallest absolute Gasteiger partial charge is 0.226 e. The Balaban J connectivity index is 2.66. The Morgan fingerprint density at radius 2 is 2.11 bits per heavy atom. The Bertz CT molecular complexity index is 271. The van der Waals surface area contributed by atoms with Crippen molar-refractivity contribution in [2.45, 2.75) is 50.8 Å². The number of hydrogen-bond donors (Lipinski definition) is 3. The van der Waals surface area contributed by atoms with Gasteiger partial charge in [0.1, 0.15) is 0 Å². The number of aliphatic hydroxyl groups excluding tert-OH is 1. The van der Waals surface area contributed by atoms with Crippen LogP contribution in [0.5, 0.6) is 0 Å². The third-order valence-electron chi connectivity index (χ3n) is 4.17. The van der Waals surface area contributed by atoms with Crippen molar-refractivity contribution in [3.8, 4) is 0 Å². The average molecular weight is 288 g/mol. The molecule has 4 nitrogen and oxygen atoms in total. The minimum atomic E-state index is -0.202. The number of aliphatic hydroxyl groups is 1. The number of nitrogens with one attached hydrogen (secondary N) is 2. The number of thioether (sulfide) groups is 1. The molecule has 3 N–H and O–H groups in total. The van der Waals surface area contributed by atoms with Crippen molar-refractivity contribution in [3.63, 3.8) is 0 Å². The maximum atomic E-state index is 12.6. The summed E-state index contributed by atoms with van der Waals surface area (Å²) in [4.78, 5) is 12.6. The number of amides is 1. The molecule has 1 rings (SSSR count). The SMILES string of the molecule is CCCC1(C(=O)NC(C)C(CO)SC)CCNCC1. The van der Waals surface area contributed by atoms with Crippen molar-refractivity contribution in [1.29, 1.82) is 0 Å². The highest BCUT2D eigenvalue weighted by Crippen LogP contribution is 2.34. The van der Waals surface area contributed by atoms with Crippen LogP contribution in [0.3, 0.4) is 0 Å². The lowest BCUT2D eigenvalue weighted by molar-refractivity contribution is -0.133. The average Bonchev–Trinajstić information content (AvgIpc) is 2.41. The van der Waals surface area contributed by atoms with Gasteiger partial charge in [0.2, 0.25) is 5.91 Å². The van der Waals surface area contributed by atoms with Crippen molar-refractivity contribution < 1.29 is 9.90 Å². The molecule has 0 aromatic rings. The standard InChI is InChI=1S/C14H28N2O2S/c1-4-5-14(6-8-15-9-7-14)13(18)16-11(2)12(10-17)19-3/h11-12,15,17H,4-10H2,1-3H3,(H,16,18). The maximum Gasteiger partial charge on any atom is 0.226 e. The lowest BCUT2D eigenvalue weighted by Gasteiger charge is -2.37. The molecule has 0 radical (unpaired) electrons. The van der Waals surface area contributed by atoms with Gasteiger partial charge in [-0.15, -0.1) is 0 Å². The molecule has 0 saturated carbocycles. The van der Waals surface area contributed by atoms with Gasteiger partial charge in [-0.1, -0.05) is 13.3 Å². The van der Waals surface area contributed by atoms with Gasteiger partial charge in [0.05, 0.1) is 12.0 Å². The first-order valence-electron chi connectivity index (χ1n) is 7.25. The Morgan fingerprint density at radius 3 is 2.58 bits per heavy atom. The summed E-state index contributed by atoms with van der Waals surface area (Å²) in [5.41, 5.74) is -0.202. The molecular weight excluding hydrogens is 260 g/mol. The zero-order valence-corrected chi connectivity index (χ0v) is 13.2. The summed E-state index contributed by atoms with van der Waals surface area (Å²) in [5.74, 6) is 0.177. The molecule has 0 aromatic carbocycles. The summed E-state index contributed by atoms with van der Waals surface area (Å²) >= 11 is 1.60. The van der Waals surface area contributed by atoms with E-state index in [0.29, 0.717) is 0 Å². The van der Waals surface area contributed by atoms with Gasteiger partial charge in [0.25, 0.3) is 0 Å². The fourth-order valence-corrected chi connectivity index (χ4v) is 3.49. The van der Waals surface area contributed by atoms with Gasteiger partial charge in [0, 0.05) is 11.3 Å². The van der Waals surface area contributed by atoms with Crippen LogP contribution < -0.4 is 10.6 Å². The topological polar surface area (TPSA) is 61.4 Å². The monoisotopic (exact) mass is 288 g/mol. The minimum Gasteiger partial charge on any atom is -0.395 e. The van der Waals surface area contributed by atoms with Crippen LogP contribution in [0.25, 0.3) is 0 Å². The first-order valence-corrected chi connectivity index (χ1v) is 8.53. The van der Waals surface area contributed by atoms with E-state index in [-0.39, 0.29) is 29.2 Å². The number of carbonyl (C=O) groups excluding carboxylic acids is 1. The molecule has 0 bridgehead atoms. The fourth-order valence-electron chi connectivity index (χ4n) is 2.86. The van der Waals surface area contributed by atoms with Crippen LogP contribution >= 0.6 is 11.8 Å². The van der Waals surface area contributed by atoms with E-state index in [4.69, 9.17) is 0 Å². The molecule has 1 aliphatic rings. The summed E-state index contributed by atoms with van der Waals surface area (Å²) in [6.45, 7) is 6.07. The minimum absolute atomic E-state index is 0.0103. The predicted molar refractivity (Wildman–Crippen MR) is 81.4 cm³/mol. The summed E-state index contributed by atoms with van der Waals surface area (Å²) in [6.07, 6.45) is 5.80. The second-order valence-electron chi connectivity index (χ2n) is 5.50. The molecule has 112 valence electrons. The van der Waals surface area contributed by atoms with Gasteiger partial charge in [-0.25, -0.2) is 0 Å². The Hall–Kier alpha value is -0.260. The predicted octanol–water partition coefficient (Wildman–Crippen LogP) is 1.38. The Labute approximate surface area is 121 Å². The molecule has 1 heterocycles. The van der Waals surface area contributed by atoms with Gasteiger partial charge in [-0.2, -0.15) is 11.8 Å².